The minimum absolute atomic E-state index is 0.110. The molecule has 1 heterocycles. The van der Waals surface area contributed by atoms with Gasteiger partial charge in [-0.3, -0.25) is 10.1 Å². The zero-order valence-electron chi connectivity index (χ0n) is 15.1. The molecule has 0 aliphatic heterocycles. The number of nitrogens with zero attached hydrogens (tertiary/aromatic N) is 3. The Morgan fingerprint density at radius 2 is 1.88 bits per heavy atom. The highest BCUT2D eigenvalue weighted by atomic mass is 32.1. The molecular formula is C19H27N3O2S. The number of nitro benzene ring substituents is 1. The summed E-state index contributed by atoms with van der Waals surface area (Å²) in [7, 11) is 0. The first-order valence-electron chi connectivity index (χ1n) is 9.05. The number of thiazole rings is 1. The van der Waals surface area contributed by atoms with Gasteiger partial charge in [0, 0.05) is 30.3 Å². The number of hydrogen-bond acceptors (Lipinski definition) is 4. The van der Waals surface area contributed by atoms with Crippen molar-refractivity contribution in [3.63, 3.8) is 0 Å². The van der Waals surface area contributed by atoms with E-state index in [1.807, 2.05) is 12.3 Å². The fourth-order valence-corrected chi connectivity index (χ4v) is 3.55. The average molecular weight is 362 g/mol. The molecule has 0 bridgehead atoms. The van der Waals surface area contributed by atoms with E-state index in [0.717, 1.165) is 29.0 Å². The molecule has 2 aromatic rings. The van der Waals surface area contributed by atoms with Crippen molar-refractivity contribution < 1.29 is 4.92 Å². The van der Waals surface area contributed by atoms with E-state index >= 15 is 0 Å². The second-order valence-corrected chi connectivity index (χ2v) is 7.21. The van der Waals surface area contributed by atoms with Crippen LogP contribution in [0.5, 0.6) is 0 Å². The molecule has 0 radical (unpaired) electrons. The van der Waals surface area contributed by atoms with Gasteiger partial charge in [0.15, 0.2) is 4.80 Å². The minimum Gasteiger partial charge on any atom is -0.324 e. The van der Waals surface area contributed by atoms with Gasteiger partial charge in [0.25, 0.3) is 5.69 Å². The summed E-state index contributed by atoms with van der Waals surface area (Å²) in [5.41, 5.74) is 1.73. The molecule has 0 saturated carbocycles. The van der Waals surface area contributed by atoms with E-state index in [2.05, 4.69) is 17.7 Å². The number of benzene rings is 1. The predicted molar refractivity (Wildman–Crippen MR) is 103 cm³/mol. The van der Waals surface area contributed by atoms with Crippen LogP contribution >= 0.6 is 11.3 Å². The van der Waals surface area contributed by atoms with E-state index in [1.54, 1.807) is 23.5 Å². The predicted octanol–water partition coefficient (Wildman–Crippen LogP) is 5.75. The number of non-ortho nitro benzene ring substituents is 1. The quantitative estimate of drug-likeness (QED) is 0.307. The summed E-state index contributed by atoms with van der Waals surface area (Å²) in [6, 6.07) is 4.82. The molecule has 0 fully saturated rings. The maximum atomic E-state index is 10.8. The average Bonchev–Trinajstić information content (AvgIpc) is 3.03. The van der Waals surface area contributed by atoms with Gasteiger partial charge >= 0.3 is 0 Å². The summed E-state index contributed by atoms with van der Waals surface area (Å²) in [5, 5.41) is 12.9. The molecule has 0 amide bonds. The third kappa shape index (κ3) is 6.12. The van der Waals surface area contributed by atoms with Crippen molar-refractivity contribution in [1.82, 2.24) is 4.57 Å². The highest BCUT2D eigenvalue weighted by Crippen LogP contribution is 2.23. The zero-order valence-corrected chi connectivity index (χ0v) is 15.9. The monoisotopic (exact) mass is 361 g/mol. The molecule has 1 aromatic heterocycles. The van der Waals surface area contributed by atoms with Crippen LogP contribution in [0.1, 0.15) is 57.4 Å². The van der Waals surface area contributed by atoms with Crippen molar-refractivity contribution in [3.05, 3.63) is 50.3 Å². The summed E-state index contributed by atoms with van der Waals surface area (Å²) in [6.45, 7) is 5.08. The summed E-state index contributed by atoms with van der Waals surface area (Å²) in [6.07, 6.45) is 11.1. The van der Waals surface area contributed by atoms with Crippen molar-refractivity contribution in [3.8, 4) is 0 Å². The van der Waals surface area contributed by atoms with E-state index in [9.17, 15) is 10.1 Å². The lowest BCUT2D eigenvalue weighted by Crippen LogP contribution is -2.13. The molecular weight excluding hydrogens is 334 g/mol. The second-order valence-electron chi connectivity index (χ2n) is 6.34. The Labute approximate surface area is 153 Å². The van der Waals surface area contributed by atoms with Crippen molar-refractivity contribution >= 4 is 22.7 Å². The summed E-state index contributed by atoms with van der Waals surface area (Å²) in [5.74, 6) is 0. The van der Waals surface area contributed by atoms with Gasteiger partial charge in [-0.2, -0.15) is 0 Å². The number of aryl methyl sites for hydroxylation is 2. The highest BCUT2D eigenvalue weighted by molar-refractivity contribution is 7.07. The number of hydrogen-bond donors (Lipinski definition) is 0. The van der Waals surface area contributed by atoms with Gasteiger partial charge in [-0.15, -0.1) is 11.3 Å². The van der Waals surface area contributed by atoms with Gasteiger partial charge in [0.05, 0.1) is 10.6 Å². The Kier molecular flexibility index (Phi) is 7.85. The zero-order chi connectivity index (χ0) is 18.1. The number of rotatable bonds is 10. The molecule has 0 unspecified atom stereocenters. The standard InChI is InChI=1S/C19H27N3O2S/c1-3-4-5-6-7-8-9-12-21-13-14-25-19(21)20-18-11-10-17(22(23)24)15-16(18)2/h10-11,13-15H,3-9,12H2,1-2H3. The topological polar surface area (TPSA) is 60.4 Å². The normalized spacial score (nSPS) is 11.8. The van der Waals surface area contributed by atoms with Gasteiger partial charge in [0.2, 0.25) is 0 Å². The number of unbranched alkanes of at least 4 members (excludes halogenated alkanes) is 6. The van der Waals surface area contributed by atoms with E-state index < -0.39 is 0 Å². The van der Waals surface area contributed by atoms with Gasteiger partial charge < -0.3 is 4.57 Å². The molecule has 0 aliphatic rings. The van der Waals surface area contributed by atoms with Crippen LogP contribution in [-0.2, 0) is 6.54 Å². The molecule has 136 valence electrons. The van der Waals surface area contributed by atoms with Gasteiger partial charge in [-0.1, -0.05) is 45.4 Å². The Morgan fingerprint density at radius 3 is 2.56 bits per heavy atom. The maximum Gasteiger partial charge on any atom is 0.269 e. The van der Waals surface area contributed by atoms with Crippen molar-refractivity contribution in [2.24, 2.45) is 4.99 Å². The second kappa shape index (κ2) is 10.1. The molecule has 25 heavy (non-hydrogen) atoms. The van der Waals surface area contributed by atoms with Crippen LogP contribution in [0.4, 0.5) is 11.4 Å². The lowest BCUT2D eigenvalue weighted by Gasteiger charge is -2.04. The molecule has 0 N–H and O–H groups in total. The molecule has 0 spiro atoms. The van der Waals surface area contributed by atoms with Crippen LogP contribution in [-0.4, -0.2) is 9.49 Å². The van der Waals surface area contributed by atoms with Crippen LogP contribution in [0.25, 0.3) is 0 Å². The molecule has 6 heteroatoms. The van der Waals surface area contributed by atoms with E-state index in [4.69, 9.17) is 4.99 Å². The third-order valence-corrected chi connectivity index (χ3v) is 5.06. The molecule has 0 saturated heterocycles. The number of nitro groups is 1. The Bertz CT molecular complexity index is 749. The Balaban J connectivity index is 1.96. The minimum atomic E-state index is -0.372. The smallest absolute Gasteiger partial charge is 0.269 e. The van der Waals surface area contributed by atoms with Gasteiger partial charge in [0.1, 0.15) is 0 Å². The van der Waals surface area contributed by atoms with E-state index in [-0.39, 0.29) is 10.6 Å². The molecule has 5 nitrogen and oxygen atoms in total. The van der Waals surface area contributed by atoms with E-state index in [1.165, 1.54) is 44.6 Å². The van der Waals surface area contributed by atoms with E-state index in [0.29, 0.717) is 0 Å². The van der Waals surface area contributed by atoms with Crippen LogP contribution in [0.3, 0.4) is 0 Å². The summed E-state index contributed by atoms with van der Waals surface area (Å²) in [4.78, 5) is 16.1. The lowest BCUT2D eigenvalue weighted by atomic mass is 10.1. The summed E-state index contributed by atoms with van der Waals surface area (Å²) < 4.78 is 2.18. The molecule has 2 rings (SSSR count). The van der Waals surface area contributed by atoms with Crippen LogP contribution in [0.15, 0.2) is 34.8 Å². The Morgan fingerprint density at radius 1 is 1.16 bits per heavy atom. The maximum absolute atomic E-state index is 10.8. The van der Waals surface area contributed by atoms with Crippen molar-refractivity contribution in [2.45, 2.75) is 65.3 Å². The first kappa shape index (κ1) is 19.4. The van der Waals surface area contributed by atoms with Crippen molar-refractivity contribution in [2.75, 3.05) is 0 Å². The molecule has 1 aromatic carbocycles. The lowest BCUT2D eigenvalue weighted by molar-refractivity contribution is -0.384. The Hall–Kier alpha value is -1.95. The third-order valence-electron chi connectivity index (χ3n) is 4.27. The van der Waals surface area contributed by atoms with Crippen LogP contribution < -0.4 is 4.80 Å². The fourth-order valence-electron chi connectivity index (χ4n) is 2.78. The molecule has 0 atom stereocenters. The van der Waals surface area contributed by atoms with Gasteiger partial charge in [-0.05, 0) is 25.0 Å². The van der Waals surface area contributed by atoms with Crippen molar-refractivity contribution in [1.29, 1.82) is 0 Å². The highest BCUT2D eigenvalue weighted by Gasteiger charge is 2.07. The first-order valence-corrected chi connectivity index (χ1v) is 9.93. The summed E-state index contributed by atoms with van der Waals surface area (Å²) >= 11 is 1.60. The van der Waals surface area contributed by atoms with Crippen LogP contribution in [0, 0.1) is 17.0 Å². The largest absolute Gasteiger partial charge is 0.324 e. The van der Waals surface area contributed by atoms with Crippen LogP contribution in [0.2, 0.25) is 0 Å². The SMILES string of the molecule is CCCCCCCCCn1ccsc1=Nc1ccc([N+](=O)[O-])cc1C. The first-order chi connectivity index (χ1) is 12.1. The van der Waals surface area contributed by atoms with Gasteiger partial charge in [-0.25, -0.2) is 4.99 Å². The number of aromatic nitrogens is 1. The fraction of sp³-hybridized carbons (Fsp3) is 0.526. The molecule has 0 aliphatic carbocycles.